The third kappa shape index (κ3) is 1.54. The fraction of sp³-hybridized carbons (Fsp3) is 1.00. The van der Waals surface area contributed by atoms with Crippen molar-refractivity contribution < 1.29 is 9.47 Å². The molecule has 3 rings (SSSR count). The Balaban J connectivity index is 1.98. The zero-order chi connectivity index (χ0) is 13.3. The summed E-state index contributed by atoms with van der Waals surface area (Å²) in [6, 6.07) is 0. The minimum Gasteiger partial charge on any atom is -0.345 e. The largest absolute Gasteiger partial charge is 0.345 e. The maximum atomic E-state index is 6.23. The van der Waals surface area contributed by atoms with E-state index in [1.165, 1.54) is 19.3 Å². The van der Waals surface area contributed by atoms with Gasteiger partial charge in [0, 0.05) is 0 Å². The first-order valence-electron chi connectivity index (χ1n) is 7.52. The second-order valence-corrected chi connectivity index (χ2v) is 8.16. The molecule has 2 saturated carbocycles. The van der Waals surface area contributed by atoms with Crippen LogP contribution in [0.2, 0.25) is 0 Å². The summed E-state index contributed by atoms with van der Waals surface area (Å²) in [5.41, 5.74) is 0.671. The summed E-state index contributed by atoms with van der Waals surface area (Å²) in [4.78, 5) is 0. The summed E-state index contributed by atoms with van der Waals surface area (Å²) >= 11 is 0. The van der Waals surface area contributed by atoms with E-state index in [1.807, 2.05) is 0 Å². The van der Waals surface area contributed by atoms with Crippen LogP contribution in [-0.2, 0) is 9.47 Å². The van der Waals surface area contributed by atoms with Crippen LogP contribution in [0.15, 0.2) is 0 Å². The van der Waals surface area contributed by atoms with E-state index < -0.39 is 5.79 Å². The van der Waals surface area contributed by atoms with Crippen LogP contribution < -0.4 is 0 Å². The highest BCUT2D eigenvalue weighted by Crippen LogP contribution is 2.64. The Labute approximate surface area is 111 Å². The van der Waals surface area contributed by atoms with E-state index in [-0.39, 0.29) is 17.6 Å². The molecule has 2 aliphatic carbocycles. The summed E-state index contributed by atoms with van der Waals surface area (Å²) in [6.45, 7) is 13.8. The summed E-state index contributed by atoms with van der Waals surface area (Å²) in [7, 11) is 0. The van der Waals surface area contributed by atoms with E-state index in [2.05, 4.69) is 41.5 Å². The predicted octanol–water partition coefficient (Wildman–Crippen LogP) is 3.99. The van der Waals surface area contributed by atoms with Crippen molar-refractivity contribution in [3.05, 3.63) is 0 Å². The van der Waals surface area contributed by atoms with Gasteiger partial charge in [0.1, 0.15) is 0 Å². The van der Waals surface area contributed by atoms with Gasteiger partial charge in [0.15, 0.2) is 5.79 Å². The van der Waals surface area contributed by atoms with E-state index in [4.69, 9.17) is 9.47 Å². The molecule has 0 unspecified atom stereocenters. The van der Waals surface area contributed by atoms with Crippen molar-refractivity contribution in [1.29, 1.82) is 0 Å². The van der Waals surface area contributed by atoms with Crippen molar-refractivity contribution in [3.8, 4) is 0 Å². The molecule has 0 amide bonds. The van der Waals surface area contributed by atoms with Crippen molar-refractivity contribution in [2.45, 2.75) is 78.8 Å². The molecule has 0 radical (unpaired) electrons. The smallest absolute Gasteiger partial charge is 0.163 e. The SMILES string of the molecule is C[C@@H]1CC[C@H]2C(C)(C)[C@@H]3OC(C)(C)O[C@@H]3C[C@]12C. The lowest BCUT2D eigenvalue weighted by atomic mass is 9.54. The van der Waals surface area contributed by atoms with Gasteiger partial charge in [-0.15, -0.1) is 0 Å². The van der Waals surface area contributed by atoms with Crippen LogP contribution in [0, 0.1) is 22.7 Å². The Morgan fingerprint density at radius 3 is 2.28 bits per heavy atom. The van der Waals surface area contributed by atoms with Crippen LogP contribution in [0.5, 0.6) is 0 Å². The first kappa shape index (κ1) is 12.9. The normalized spacial score (nSPS) is 53.0. The number of rotatable bonds is 0. The van der Waals surface area contributed by atoms with E-state index >= 15 is 0 Å². The molecule has 0 aromatic heterocycles. The van der Waals surface area contributed by atoms with Crippen LogP contribution in [-0.4, -0.2) is 18.0 Å². The van der Waals surface area contributed by atoms with Gasteiger partial charge in [-0.2, -0.15) is 0 Å². The molecule has 5 atom stereocenters. The van der Waals surface area contributed by atoms with Gasteiger partial charge in [-0.25, -0.2) is 0 Å². The minimum atomic E-state index is -0.398. The van der Waals surface area contributed by atoms with Gasteiger partial charge in [0.25, 0.3) is 0 Å². The summed E-state index contributed by atoms with van der Waals surface area (Å²) in [6.07, 6.45) is 4.47. The highest BCUT2D eigenvalue weighted by molar-refractivity contribution is 5.10. The number of ether oxygens (including phenoxy) is 2. The molecular weight excluding hydrogens is 224 g/mol. The zero-order valence-corrected chi connectivity index (χ0v) is 12.7. The van der Waals surface area contributed by atoms with Gasteiger partial charge in [-0.3, -0.25) is 0 Å². The monoisotopic (exact) mass is 252 g/mol. The molecule has 1 heterocycles. The lowest BCUT2D eigenvalue weighted by Crippen LogP contribution is -2.54. The van der Waals surface area contributed by atoms with Gasteiger partial charge in [-0.1, -0.05) is 27.7 Å². The van der Waals surface area contributed by atoms with Gasteiger partial charge in [0.2, 0.25) is 0 Å². The van der Waals surface area contributed by atoms with E-state index in [0.717, 1.165) is 11.8 Å². The zero-order valence-electron chi connectivity index (χ0n) is 12.7. The Hall–Kier alpha value is -0.0800. The Morgan fingerprint density at radius 1 is 0.944 bits per heavy atom. The van der Waals surface area contributed by atoms with Crippen molar-refractivity contribution in [3.63, 3.8) is 0 Å². The fourth-order valence-electron chi connectivity index (χ4n) is 5.23. The third-order valence-electron chi connectivity index (χ3n) is 6.27. The Kier molecular flexibility index (Phi) is 2.53. The number of hydrogen-bond donors (Lipinski definition) is 0. The molecule has 0 aromatic rings. The van der Waals surface area contributed by atoms with E-state index in [9.17, 15) is 0 Å². The van der Waals surface area contributed by atoms with Crippen molar-refractivity contribution >= 4 is 0 Å². The van der Waals surface area contributed by atoms with Crippen LogP contribution >= 0.6 is 0 Å². The maximum absolute atomic E-state index is 6.23. The fourth-order valence-corrected chi connectivity index (χ4v) is 5.23. The molecule has 3 aliphatic rings. The third-order valence-corrected chi connectivity index (χ3v) is 6.27. The molecule has 0 N–H and O–H groups in total. The van der Waals surface area contributed by atoms with Crippen LogP contribution in [0.1, 0.15) is 60.8 Å². The summed E-state index contributed by atoms with van der Waals surface area (Å²) in [5, 5.41) is 0. The highest BCUT2D eigenvalue weighted by Gasteiger charge is 2.63. The topological polar surface area (TPSA) is 18.5 Å². The Morgan fingerprint density at radius 2 is 1.61 bits per heavy atom. The molecule has 18 heavy (non-hydrogen) atoms. The average molecular weight is 252 g/mol. The van der Waals surface area contributed by atoms with E-state index in [1.54, 1.807) is 0 Å². The van der Waals surface area contributed by atoms with Crippen LogP contribution in [0.25, 0.3) is 0 Å². The molecule has 1 saturated heterocycles. The minimum absolute atomic E-state index is 0.232. The number of hydrogen-bond acceptors (Lipinski definition) is 2. The summed E-state index contributed by atoms with van der Waals surface area (Å²) < 4.78 is 12.4. The lowest BCUT2D eigenvalue weighted by molar-refractivity contribution is -0.158. The second kappa shape index (κ2) is 3.52. The first-order valence-corrected chi connectivity index (χ1v) is 7.52. The van der Waals surface area contributed by atoms with Gasteiger partial charge in [-0.05, 0) is 55.8 Å². The molecule has 3 fully saturated rings. The number of fused-ring (bicyclic) bond motifs is 2. The Bertz CT molecular complexity index is 360. The summed E-state index contributed by atoms with van der Waals surface area (Å²) in [5.74, 6) is 1.19. The van der Waals surface area contributed by atoms with Crippen molar-refractivity contribution in [2.75, 3.05) is 0 Å². The molecule has 0 aromatic carbocycles. The van der Waals surface area contributed by atoms with Gasteiger partial charge < -0.3 is 9.47 Å². The molecule has 1 aliphatic heterocycles. The molecule has 104 valence electrons. The average Bonchev–Trinajstić information content (AvgIpc) is 2.66. The maximum Gasteiger partial charge on any atom is 0.163 e. The molecule has 0 bridgehead atoms. The highest BCUT2D eigenvalue weighted by atomic mass is 16.8. The second-order valence-electron chi connectivity index (χ2n) is 8.16. The van der Waals surface area contributed by atoms with Crippen molar-refractivity contribution in [2.24, 2.45) is 22.7 Å². The molecule has 0 spiro atoms. The lowest BCUT2D eigenvalue weighted by Gasteiger charge is -2.53. The van der Waals surface area contributed by atoms with E-state index in [0.29, 0.717) is 5.41 Å². The molecule has 2 nitrogen and oxygen atoms in total. The predicted molar refractivity (Wildman–Crippen MR) is 72.2 cm³/mol. The molecular formula is C16H28O2. The van der Waals surface area contributed by atoms with Gasteiger partial charge >= 0.3 is 0 Å². The quantitative estimate of drug-likeness (QED) is 0.649. The van der Waals surface area contributed by atoms with Crippen molar-refractivity contribution in [1.82, 2.24) is 0 Å². The van der Waals surface area contributed by atoms with Crippen LogP contribution in [0.4, 0.5) is 0 Å². The van der Waals surface area contributed by atoms with Gasteiger partial charge in [0.05, 0.1) is 12.2 Å². The first-order chi connectivity index (χ1) is 8.17. The standard InChI is InChI=1S/C16H28O2/c1-10-7-8-12-14(2,3)13-11(9-16(10,12)6)17-15(4,5)18-13/h10-13H,7-9H2,1-6H3/t10-,11-,12+,13-,16-/m1/s1. The molecule has 2 heteroatoms. The van der Waals surface area contributed by atoms with Crippen LogP contribution in [0.3, 0.4) is 0 Å².